The molecule has 0 radical (unpaired) electrons. The molecule has 4 aromatic rings. The normalized spacial score (nSPS) is 19.5. The quantitative estimate of drug-likeness (QED) is 0.243. The molecule has 3 aliphatic heterocycles. The summed E-state index contributed by atoms with van der Waals surface area (Å²) in [6.07, 6.45) is 4.74. The lowest BCUT2D eigenvalue weighted by Gasteiger charge is -2.37. The topological polar surface area (TPSA) is 88.2 Å². The summed E-state index contributed by atoms with van der Waals surface area (Å²) >= 11 is 6.44. The lowest BCUT2D eigenvalue weighted by molar-refractivity contribution is 0.110. The molecule has 4 heterocycles. The van der Waals surface area contributed by atoms with Crippen molar-refractivity contribution in [3.63, 3.8) is 0 Å². The van der Waals surface area contributed by atoms with Crippen molar-refractivity contribution in [1.82, 2.24) is 15.2 Å². The summed E-state index contributed by atoms with van der Waals surface area (Å²) in [6, 6.07) is 15.9. The van der Waals surface area contributed by atoms with Crippen LogP contribution in [-0.4, -0.2) is 60.8 Å². The van der Waals surface area contributed by atoms with Gasteiger partial charge in [-0.25, -0.2) is 13.8 Å². The number of nitrogens with one attached hydrogen (secondary N) is 1. The molecule has 1 N–H and O–H groups in total. The van der Waals surface area contributed by atoms with Gasteiger partial charge in [0.15, 0.2) is 0 Å². The highest BCUT2D eigenvalue weighted by Gasteiger charge is 2.45. The zero-order chi connectivity index (χ0) is 31.1. The number of ether oxygens (including phenoxy) is 1. The van der Waals surface area contributed by atoms with Crippen LogP contribution in [0.5, 0.6) is 5.88 Å². The Balaban J connectivity index is 1.42. The van der Waals surface area contributed by atoms with E-state index in [1.807, 2.05) is 6.07 Å². The van der Waals surface area contributed by atoms with E-state index in [0.717, 1.165) is 38.8 Å². The third kappa shape index (κ3) is 5.23. The van der Waals surface area contributed by atoms with Gasteiger partial charge in [0.05, 0.1) is 52.3 Å². The van der Waals surface area contributed by atoms with E-state index in [-0.39, 0.29) is 28.6 Å². The van der Waals surface area contributed by atoms with E-state index in [1.165, 1.54) is 12.1 Å². The minimum absolute atomic E-state index is 0.0363. The van der Waals surface area contributed by atoms with Crippen molar-refractivity contribution in [2.45, 2.75) is 50.1 Å². The first kappa shape index (κ1) is 29.7. The summed E-state index contributed by atoms with van der Waals surface area (Å²) in [6.45, 7) is 4.35. The lowest BCUT2D eigenvalue weighted by Crippen LogP contribution is -2.51. The number of fused-ring (bicyclic) bond motifs is 3. The van der Waals surface area contributed by atoms with Crippen LogP contribution in [0.4, 0.5) is 14.5 Å². The average molecular weight is 627 g/mol. The van der Waals surface area contributed by atoms with Crippen molar-refractivity contribution in [2.75, 3.05) is 44.2 Å². The van der Waals surface area contributed by atoms with Gasteiger partial charge in [-0.3, -0.25) is 4.90 Å². The Hall–Kier alpha value is -4.02. The van der Waals surface area contributed by atoms with E-state index in [1.54, 1.807) is 24.3 Å². The van der Waals surface area contributed by atoms with Crippen molar-refractivity contribution in [2.24, 2.45) is 0 Å². The van der Waals surface area contributed by atoms with Gasteiger partial charge in [0.2, 0.25) is 5.88 Å². The Labute approximate surface area is 265 Å². The Bertz CT molecular complexity index is 1880. The number of nitriles is 2. The summed E-state index contributed by atoms with van der Waals surface area (Å²) in [7, 11) is 0. The number of aromatic nitrogens is 1. The van der Waals surface area contributed by atoms with E-state index in [0.29, 0.717) is 77.0 Å². The van der Waals surface area contributed by atoms with E-state index in [2.05, 4.69) is 27.3 Å². The standard InChI is InChI=1S/C35H33ClF2N6O/c36-32-28(37)7-6-22-4-1-5-24(31(22)32)26-19-30-27(18-29(26)38)33(43-17-14-41-23(20-43)8-12-39)25(9-13-40)34(42-30)45-21-35-10-2-15-44(35)16-3-11-35/h1,4-7,18-19,23,41H,2-3,8-11,14-17,20-21H2/t23-/m0/s1. The van der Waals surface area contributed by atoms with Gasteiger partial charge < -0.3 is 15.0 Å². The van der Waals surface area contributed by atoms with Crippen molar-refractivity contribution in [1.29, 1.82) is 10.5 Å². The first-order valence-electron chi connectivity index (χ1n) is 15.6. The lowest BCUT2D eigenvalue weighted by atomic mass is 9.94. The first-order valence-corrected chi connectivity index (χ1v) is 15.9. The molecule has 1 aromatic heterocycles. The second kappa shape index (κ2) is 12.1. The number of piperazine rings is 1. The Kier molecular flexibility index (Phi) is 7.95. The summed E-state index contributed by atoms with van der Waals surface area (Å²) in [4.78, 5) is 9.60. The highest BCUT2D eigenvalue weighted by molar-refractivity contribution is 6.37. The number of halogens is 3. The fraction of sp³-hybridized carbons (Fsp3) is 0.400. The smallest absolute Gasteiger partial charge is 0.220 e. The number of rotatable bonds is 7. The molecule has 1 atom stereocenters. The van der Waals surface area contributed by atoms with Gasteiger partial charge in [-0.1, -0.05) is 35.9 Å². The maximum Gasteiger partial charge on any atom is 0.220 e. The number of hydrogen-bond donors (Lipinski definition) is 1. The summed E-state index contributed by atoms with van der Waals surface area (Å²) in [5, 5.41) is 24.4. The van der Waals surface area contributed by atoms with Crippen LogP contribution in [0.15, 0.2) is 42.5 Å². The molecule has 0 spiro atoms. The third-order valence-electron chi connectivity index (χ3n) is 9.79. The molecule has 0 unspecified atom stereocenters. The molecule has 7 rings (SSSR count). The minimum Gasteiger partial charge on any atom is -0.475 e. The molecule has 0 saturated carbocycles. The molecular formula is C35H33ClF2N6O. The molecule has 0 aliphatic carbocycles. The van der Waals surface area contributed by atoms with Crippen molar-refractivity contribution in [3.8, 4) is 29.1 Å². The van der Waals surface area contributed by atoms with Gasteiger partial charge >= 0.3 is 0 Å². The second-order valence-corrected chi connectivity index (χ2v) is 12.7. The SMILES string of the molecule is N#CCc1c(OCC23CCCN2CCC3)nc2cc(-c3cccc4ccc(F)c(Cl)c34)c(F)cc2c1N1CCN[C@@H](CC#N)C1. The number of anilines is 1. The molecule has 7 nitrogen and oxygen atoms in total. The molecule has 0 bridgehead atoms. The Morgan fingerprint density at radius 3 is 2.62 bits per heavy atom. The number of hydrogen-bond acceptors (Lipinski definition) is 7. The molecule has 3 aliphatic rings. The maximum absolute atomic E-state index is 16.3. The fourth-order valence-electron chi connectivity index (χ4n) is 7.68. The predicted octanol–water partition coefficient (Wildman–Crippen LogP) is 6.75. The summed E-state index contributed by atoms with van der Waals surface area (Å²) in [5.74, 6) is -0.708. The van der Waals surface area contributed by atoms with E-state index < -0.39 is 11.6 Å². The van der Waals surface area contributed by atoms with Crippen LogP contribution in [0.2, 0.25) is 5.02 Å². The fourth-order valence-corrected chi connectivity index (χ4v) is 7.96. The second-order valence-electron chi connectivity index (χ2n) is 12.4. The predicted molar refractivity (Wildman–Crippen MR) is 171 cm³/mol. The van der Waals surface area contributed by atoms with E-state index >= 15 is 4.39 Å². The highest BCUT2D eigenvalue weighted by Crippen LogP contribution is 2.43. The van der Waals surface area contributed by atoms with Crippen LogP contribution in [-0.2, 0) is 6.42 Å². The molecule has 230 valence electrons. The number of benzene rings is 3. The van der Waals surface area contributed by atoms with Gasteiger partial charge in [-0.15, -0.1) is 0 Å². The molecule has 0 amide bonds. The van der Waals surface area contributed by atoms with Gasteiger partial charge in [0.1, 0.15) is 18.2 Å². The van der Waals surface area contributed by atoms with Crippen LogP contribution in [0, 0.1) is 34.3 Å². The third-order valence-corrected chi connectivity index (χ3v) is 10.2. The summed E-state index contributed by atoms with van der Waals surface area (Å²) < 4.78 is 37.5. The first-order chi connectivity index (χ1) is 21.9. The molecule has 3 fully saturated rings. The van der Waals surface area contributed by atoms with Gasteiger partial charge in [-0.2, -0.15) is 10.5 Å². The minimum atomic E-state index is -0.576. The molecular weight excluding hydrogens is 594 g/mol. The van der Waals surface area contributed by atoms with Crippen LogP contribution in [0.25, 0.3) is 32.8 Å². The zero-order valence-corrected chi connectivity index (χ0v) is 25.6. The van der Waals surface area contributed by atoms with Crippen molar-refractivity contribution >= 4 is 39.0 Å². The van der Waals surface area contributed by atoms with Gasteiger partial charge in [0.25, 0.3) is 0 Å². The van der Waals surface area contributed by atoms with Gasteiger partial charge in [0, 0.05) is 42.0 Å². The Morgan fingerprint density at radius 2 is 1.84 bits per heavy atom. The summed E-state index contributed by atoms with van der Waals surface area (Å²) in [5.41, 5.74) is 2.52. The highest BCUT2D eigenvalue weighted by atomic mass is 35.5. The van der Waals surface area contributed by atoms with E-state index in [9.17, 15) is 14.9 Å². The van der Waals surface area contributed by atoms with Crippen LogP contribution < -0.4 is 15.0 Å². The average Bonchev–Trinajstić information content (AvgIpc) is 3.63. The number of nitrogens with zero attached hydrogens (tertiary/aromatic N) is 5. The zero-order valence-electron chi connectivity index (χ0n) is 24.9. The molecule has 45 heavy (non-hydrogen) atoms. The van der Waals surface area contributed by atoms with Crippen LogP contribution in [0.3, 0.4) is 0 Å². The van der Waals surface area contributed by atoms with Crippen LogP contribution >= 0.6 is 11.6 Å². The largest absolute Gasteiger partial charge is 0.475 e. The Morgan fingerprint density at radius 1 is 1.02 bits per heavy atom. The monoisotopic (exact) mass is 626 g/mol. The van der Waals surface area contributed by atoms with Crippen molar-refractivity contribution in [3.05, 3.63) is 64.7 Å². The molecule has 3 saturated heterocycles. The van der Waals surface area contributed by atoms with Crippen LogP contribution in [0.1, 0.15) is 37.7 Å². The number of pyridine rings is 1. The molecule has 3 aromatic carbocycles. The molecule has 10 heteroatoms. The van der Waals surface area contributed by atoms with Gasteiger partial charge in [-0.05, 0) is 67.9 Å². The van der Waals surface area contributed by atoms with Crippen molar-refractivity contribution < 1.29 is 13.5 Å². The maximum atomic E-state index is 16.3. The van der Waals surface area contributed by atoms with E-state index in [4.69, 9.17) is 21.3 Å².